The number of thiocarbonyl (C=S) groups is 1. The van der Waals surface area contributed by atoms with Crippen LogP contribution in [0.4, 0.5) is 28.9 Å². The fraction of sp³-hybridized carbons (Fsp3) is 0.286. The van der Waals surface area contributed by atoms with E-state index in [-0.39, 0.29) is 23.2 Å². The molecule has 1 amide bonds. The Labute approximate surface area is 227 Å². The van der Waals surface area contributed by atoms with Crippen LogP contribution in [0.25, 0.3) is 0 Å². The van der Waals surface area contributed by atoms with Gasteiger partial charge in [0.2, 0.25) is 0 Å². The number of ether oxygens (including phenoxy) is 1. The Balaban J connectivity index is 1.41. The standard InChI is InChI=1S/C28H22F4N4O2S/c29-20-16-19(9-10-23(20)38-15-4-8-18-6-2-1-3-7-18)36-26(39)35(25(37)27(36)12-5-13-27)22-11-14-34-21(17-33)24(22)28(30,31)32/h1-3,6-7,9-11,14,16H,4-5,8,12-13,15H2. The van der Waals surface area contributed by atoms with Crippen molar-refractivity contribution in [2.75, 3.05) is 16.4 Å². The summed E-state index contributed by atoms with van der Waals surface area (Å²) >= 11 is 5.53. The summed E-state index contributed by atoms with van der Waals surface area (Å²) in [7, 11) is 0. The number of amides is 1. The molecular formula is C28H22F4N4O2S. The lowest BCUT2D eigenvalue weighted by Gasteiger charge is -2.43. The van der Waals surface area contributed by atoms with E-state index >= 15 is 4.39 Å². The van der Waals surface area contributed by atoms with Crippen molar-refractivity contribution in [3.63, 3.8) is 0 Å². The number of aryl methyl sites for hydroxylation is 1. The molecule has 0 radical (unpaired) electrons. The molecule has 0 N–H and O–H groups in total. The van der Waals surface area contributed by atoms with Gasteiger partial charge in [0.05, 0.1) is 12.3 Å². The van der Waals surface area contributed by atoms with Crippen molar-refractivity contribution < 1.29 is 27.1 Å². The van der Waals surface area contributed by atoms with Crippen molar-refractivity contribution >= 4 is 34.6 Å². The number of nitrogens with zero attached hydrogens (tertiary/aromatic N) is 4. The first-order valence-electron chi connectivity index (χ1n) is 12.3. The van der Waals surface area contributed by atoms with Crippen molar-refractivity contribution in [3.05, 3.63) is 83.4 Å². The highest BCUT2D eigenvalue weighted by molar-refractivity contribution is 7.81. The predicted molar refractivity (Wildman–Crippen MR) is 140 cm³/mol. The molecule has 2 aliphatic rings. The molecule has 5 rings (SSSR count). The van der Waals surface area contributed by atoms with E-state index in [9.17, 15) is 23.2 Å². The lowest BCUT2D eigenvalue weighted by molar-refractivity contribution is -0.137. The van der Waals surface area contributed by atoms with Gasteiger partial charge in [0.25, 0.3) is 5.91 Å². The van der Waals surface area contributed by atoms with Crippen molar-refractivity contribution in [2.24, 2.45) is 0 Å². The molecule has 200 valence electrons. The minimum Gasteiger partial charge on any atom is -0.491 e. The molecule has 2 aromatic carbocycles. The smallest absolute Gasteiger partial charge is 0.421 e. The number of pyridine rings is 1. The molecule has 39 heavy (non-hydrogen) atoms. The third-order valence-electron chi connectivity index (χ3n) is 7.04. The Morgan fingerprint density at radius 3 is 2.49 bits per heavy atom. The first-order chi connectivity index (χ1) is 18.7. The van der Waals surface area contributed by atoms with E-state index in [1.54, 1.807) is 0 Å². The van der Waals surface area contributed by atoms with Gasteiger partial charge in [-0.05, 0) is 68.1 Å². The number of carbonyl (C=O) groups excluding carboxylic acids is 1. The highest BCUT2D eigenvalue weighted by Crippen LogP contribution is 2.50. The molecule has 11 heteroatoms. The summed E-state index contributed by atoms with van der Waals surface area (Å²) in [5.74, 6) is -1.31. The van der Waals surface area contributed by atoms with Crippen molar-refractivity contribution in [1.29, 1.82) is 5.26 Å². The lowest BCUT2D eigenvalue weighted by Crippen LogP contribution is -2.55. The number of aromatic nitrogens is 1. The number of halogens is 4. The van der Waals surface area contributed by atoms with Gasteiger partial charge < -0.3 is 9.64 Å². The molecule has 1 saturated heterocycles. The average Bonchev–Trinajstić information content (AvgIpc) is 3.13. The number of alkyl halides is 3. The van der Waals surface area contributed by atoms with Gasteiger partial charge in [0.15, 0.2) is 22.4 Å². The van der Waals surface area contributed by atoms with E-state index < -0.39 is 40.4 Å². The third kappa shape index (κ3) is 4.69. The summed E-state index contributed by atoms with van der Waals surface area (Å²) < 4.78 is 62.7. The van der Waals surface area contributed by atoms with Gasteiger partial charge in [-0.3, -0.25) is 9.69 Å². The minimum absolute atomic E-state index is 0.0231. The normalized spacial score (nSPS) is 16.4. The zero-order valence-electron chi connectivity index (χ0n) is 20.5. The maximum atomic E-state index is 15.1. The van der Waals surface area contributed by atoms with Crippen LogP contribution in [0.15, 0.2) is 60.8 Å². The maximum absolute atomic E-state index is 15.1. The summed E-state index contributed by atoms with van der Waals surface area (Å²) in [6.07, 6.45) is -1.18. The molecule has 1 aromatic heterocycles. The van der Waals surface area contributed by atoms with E-state index in [1.165, 1.54) is 29.2 Å². The minimum atomic E-state index is -4.96. The van der Waals surface area contributed by atoms with Gasteiger partial charge in [-0.1, -0.05) is 30.3 Å². The van der Waals surface area contributed by atoms with Crippen LogP contribution in [-0.4, -0.2) is 28.1 Å². The highest BCUT2D eigenvalue weighted by atomic mass is 32.1. The summed E-state index contributed by atoms with van der Waals surface area (Å²) in [5.41, 5.74) is -2.64. The molecule has 1 spiro atoms. The van der Waals surface area contributed by atoms with Crippen LogP contribution in [0.1, 0.15) is 42.5 Å². The Kier molecular flexibility index (Phi) is 6.99. The van der Waals surface area contributed by atoms with Gasteiger partial charge in [-0.25, -0.2) is 9.37 Å². The molecule has 0 bridgehead atoms. The van der Waals surface area contributed by atoms with Gasteiger partial charge in [-0.2, -0.15) is 18.4 Å². The summed E-state index contributed by atoms with van der Waals surface area (Å²) in [6, 6.07) is 16.4. The fourth-order valence-electron chi connectivity index (χ4n) is 5.04. The molecule has 0 atom stereocenters. The molecule has 1 saturated carbocycles. The number of hydrogen-bond donors (Lipinski definition) is 0. The summed E-state index contributed by atoms with van der Waals surface area (Å²) in [4.78, 5) is 19.4. The van der Waals surface area contributed by atoms with Crippen LogP contribution in [0.5, 0.6) is 5.75 Å². The Morgan fingerprint density at radius 1 is 1.13 bits per heavy atom. The molecule has 2 heterocycles. The summed E-state index contributed by atoms with van der Waals surface area (Å²) in [6.45, 7) is 0.285. The van der Waals surface area contributed by atoms with Gasteiger partial charge >= 0.3 is 6.18 Å². The summed E-state index contributed by atoms with van der Waals surface area (Å²) in [5, 5.41) is 9.02. The zero-order chi connectivity index (χ0) is 27.8. The van der Waals surface area contributed by atoms with E-state index in [4.69, 9.17) is 17.0 Å². The molecule has 2 fully saturated rings. The predicted octanol–water partition coefficient (Wildman–Crippen LogP) is 6.18. The lowest BCUT2D eigenvalue weighted by atomic mass is 9.75. The number of benzene rings is 2. The van der Waals surface area contributed by atoms with E-state index in [2.05, 4.69) is 4.98 Å². The van der Waals surface area contributed by atoms with Crippen molar-refractivity contribution in [1.82, 2.24) is 4.98 Å². The van der Waals surface area contributed by atoms with Crippen LogP contribution >= 0.6 is 12.2 Å². The van der Waals surface area contributed by atoms with Gasteiger partial charge in [0, 0.05) is 18.0 Å². The Morgan fingerprint density at radius 2 is 1.87 bits per heavy atom. The molecule has 1 aliphatic heterocycles. The zero-order valence-corrected chi connectivity index (χ0v) is 21.4. The first kappa shape index (κ1) is 26.6. The first-order valence-corrected chi connectivity index (χ1v) is 12.7. The maximum Gasteiger partial charge on any atom is 0.421 e. The van der Waals surface area contributed by atoms with Crippen molar-refractivity contribution in [2.45, 2.75) is 43.8 Å². The van der Waals surface area contributed by atoms with E-state index in [0.29, 0.717) is 25.7 Å². The number of rotatable bonds is 7. The second kappa shape index (κ2) is 10.3. The number of hydrogen-bond acceptors (Lipinski definition) is 5. The topological polar surface area (TPSA) is 69.5 Å². The second-order valence-corrected chi connectivity index (χ2v) is 9.72. The molecule has 3 aromatic rings. The van der Waals surface area contributed by atoms with E-state index in [0.717, 1.165) is 29.1 Å². The SMILES string of the molecule is N#Cc1nccc(N2C(=O)C3(CCC3)N(c3ccc(OCCCc4ccccc4)c(F)c3)C2=S)c1C(F)(F)F. The fourth-order valence-corrected chi connectivity index (χ4v) is 5.51. The largest absolute Gasteiger partial charge is 0.491 e. The Bertz CT molecular complexity index is 1470. The van der Waals surface area contributed by atoms with Gasteiger partial charge in [-0.15, -0.1) is 0 Å². The number of nitriles is 1. The molecule has 0 unspecified atom stereocenters. The van der Waals surface area contributed by atoms with Crippen LogP contribution in [0.3, 0.4) is 0 Å². The Hall–Kier alpha value is -4.04. The molecule has 6 nitrogen and oxygen atoms in total. The third-order valence-corrected chi connectivity index (χ3v) is 7.40. The van der Waals surface area contributed by atoms with Crippen LogP contribution in [0, 0.1) is 17.1 Å². The number of carbonyl (C=O) groups is 1. The van der Waals surface area contributed by atoms with Gasteiger partial charge in [0.1, 0.15) is 17.2 Å². The second-order valence-electron chi connectivity index (χ2n) is 9.36. The van der Waals surface area contributed by atoms with Crippen LogP contribution in [-0.2, 0) is 17.4 Å². The monoisotopic (exact) mass is 554 g/mol. The van der Waals surface area contributed by atoms with E-state index in [1.807, 2.05) is 30.3 Å². The van der Waals surface area contributed by atoms with Crippen LogP contribution < -0.4 is 14.5 Å². The molecule has 1 aliphatic carbocycles. The number of anilines is 2. The van der Waals surface area contributed by atoms with Crippen molar-refractivity contribution in [3.8, 4) is 11.8 Å². The van der Waals surface area contributed by atoms with Crippen LogP contribution in [0.2, 0.25) is 0 Å². The quantitative estimate of drug-likeness (QED) is 0.197. The molecular weight excluding hydrogens is 532 g/mol. The average molecular weight is 555 g/mol. The highest BCUT2D eigenvalue weighted by Gasteiger charge is 2.60.